The molecule has 17 heavy (non-hydrogen) atoms. The van der Waals surface area contributed by atoms with E-state index in [2.05, 4.69) is 11.1 Å². The lowest BCUT2D eigenvalue weighted by Crippen LogP contribution is -1.83. The maximum atomic E-state index is 8.69. The number of hydrogen-bond donors (Lipinski definition) is 0. The van der Waals surface area contributed by atoms with Crippen LogP contribution in [0.2, 0.25) is 0 Å². The third kappa shape index (κ3) is 3.02. The zero-order valence-electron chi connectivity index (χ0n) is 9.59. The van der Waals surface area contributed by atoms with Gasteiger partial charge in [-0.1, -0.05) is 24.3 Å². The van der Waals surface area contributed by atoms with Crippen molar-refractivity contribution in [2.45, 2.75) is 6.92 Å². The van der Waals surface area contributed by atoms with Gasteiger partial charge in [-0.25, -0.2) is 0 Å². The minimum atomic E-state index is 0.677. The van der Waals surface area contributed by atoms with Crippen molar-refractivity contribution < 1.29 is 0 Å². The van der Waals surface area contributed by atoms with Crippen molar-refractivity contribution >= 4 is 12.2 Å². The molecule has 0 bridgehead atoms. The molecule has 0 spiro atoms. The first-order valence-electron chi connectivity index (χ1n) is 5.40. The zero-order valence-corrected chi connectivity index (χ0v) is 9.59. The Balaban J connectivity index is 2.17. The van der Waals surface area contributed by atoms with Gasteiger partial charge in [-0.15, -0.1) is 0 Å². The van der Waals surface area contributed by atoms with Gasteiger partial charge in [-0.3, -0.25) is 4.98 Å². The molecule has 0 N–H and O–H groups in total. The molecule has 82 valence electrons. The Morgan fingerprint density at radius 1 is 1.06 bits per heavy atom. The van der Waals surface area contributed by atoms with E-state index in [1.54, 1.807) is 0 Å². The highest BCUT2D eigenvalue weighted by atomic mass is 14.7. The van der Waals surface area contributed by atoms with E-state index >= 15 is 0 Å². The molecule has 0 aliphatic carbocycles. The summed E-state index contributed by atoms with van der Waals surface area (Å²) in [4.78, 5) is 4.38. The van der Waals surface area contributed by atoms with Crippen LogP contribution in [0.3, 0.4) is 0 Å². The molecule has 0 saturated heterocycles. The van der Waals surface area contributed by atoms with Gasteiger partial charge in [0.25, 0.3) is 0 Å². The second-order valence-corrected chi connectivity index (χ2v) is 3.77. The van der Waals surface area contributed by atoms with Gasteiger partial charge >= 0.3 is 0 Å². The average molecular weight is 220 g/mol. The minimum Gasteiger partial charge on any atom is -0.254 e. The van der Waals surface area contributed by atoms with Crippen LogP contribution in [-0.4, -0.2) is 4.98 Å². The molecule has 0 saturated carbocycles. The Bertz CT molecular complexity index is 575. The Morgan fingerprint density at radius 2 is 1.82 bits per heavy atom. The van der Waals surface area contributed by atoms with Gasteiger partial charge in [-0.05, 0) is 42.8 Å². The number of hydrogen-bond acceptors (Lipinski definition) is 2. The van der Waals surface area contributed by atoms with Crippen molar-refractivity contribution in [3.05, 3.63) is 65.0 Å². The van der Waals surface area contributed by atoms with Crippen LogP contribution in [0, 0.1) is 18.3 Å². The predicted octanol–water partition coefficient (Wildman–Crippen LogP) is 3.43. The summed E-state index contributed by atoms with van der Waals surface area (Å²) < 4.78 is 0. The van der Waals surface area contributed by atoms with Gasteiger partial charge < -0.3 is 0 Å². The maximum Gasteiger partial charge on any atom is 0.0991 e. The summed E-state index contributed by atoms with van der Waals surface area (Å²) in [6.07, 6.45) is 3.96. The van der Waals surface area contributed by atoms with Crippen molar-refractivity contribution in [3.63, 3.8) is 0 Å². The smallest absolute Gasteiger partial charge is 0.0991 e. The fourth-order valence-electron chi connectivity index (χ4n) is 1.51. The number of aromatic nitrogens is 1. The van der Waals surface area contributed by atoms with Crippen LogP contribution in [0.15, 0.2) is 42.5 Å². The van der Waals surface area contributed by atoms with Gasteiger partial charge in [0.15, 0.2) is 0 Å². The van der Waals surface area contributed by atoms with Gasteiger partial charge in [0, 0.05) is 5.69 Å². The van der Waals surface area contributed by atoms with E-state index < -0.39 is 0 Å². The highest BCUT2D eigenvalue weighted by molar-refractivity contribution is 5.68. The van der Waals surface area contributed by atoms with Crippen molar-refractivity contribution in [3.8, 4) is 6.07 Å². The summed E-state index contributed by atoms with van der Waals surface area (Å²) in [5.41, 5.74) is 3.68. The van der Waals surface area contributed by atoms with Crippen molar-refractivity contribution in [1.29, 1.82) is 5.26 Å². The van der Waals surface area contributed by atoms with Gasteiger partial charge in [-0.2, -0.15) is 5.26 Å². The molecule has 0 aliphatic rings. The summed E-state index contributed by atoms with van der Waals surface area (Å²) in [6, 6.07) is 15.5. The van der Waals surface area contributed by atoms with E-state index in [1.165, 1.54) is 0 Å². The lowest BCUT2D eigenvalue weighted by Gasteiger charge is -1.96. The highest BCUT2D eigenvalue weighted by Crippen LogP contribution is 2.08. The third-order valence-corrected chi connectivity index (χ3v) is 2.40. The molecule has 1 aromatic heterocycles. The standard InChI is InChI=1S/C15H12N2/c1-12-3-2-4-15(17-12)10-9-13-5-7-14(11-16)8-6-13/h2-10H,1H3. The number of aryl methyl sites for hydroxylation is 1. The number of rotatable bonds is 2. The Kier molecular flexibility index (Phi) is 3.32. The number of benzene rings is 1. The monoisotopic (exact) mass is 220 g/mol. The van der Waals surface area contributed by atoms with E-state index in [0.29, 0.717) is 5.56 Å². The van der Waals surface area contributed by atoms with Crippen LogP contribution in [0.1, 0.15) is 22.5 Å². The first kappa shape index (κ1) is 11.1. The van der Waals surface area contributed by atoms with E-state index in [4.69, 9.17) is 5.26 Å². The molecule has 2 heteroatoms. The van der Waals surface area contributed by atoms with Crippen molar-refractivity contribution in [1.82, 2.24) is 4.98 Å². The third-order valence-electron chi connectivity index (χ3n) is 2.40. The van der Waals surface area contributed by atoms with E-state index in [1.807, 2.05) is 61.5 Å². The molecule has 1 aromatic carbocycles. The molecule has 0 radical (unpaired) electrons. The molecular formula is C15H12N2. The molecule has 0 aliphatic heterocycles. The molecule has 0 atom stereocenters. The van der Waals surface area contributed by atoms with Crippen LogP contribution in [-0.2, 0) is 0 Å². The first-order chi connectivity index (χ1) is 8.28. The molecule has 0 fully saturated rings. The number of nitriles is 1. The highest BCUT2D eigenvalue weighted by Gasteiger charge is 1.91. The first-order valence-corrected chi connectivity index (χ1v) is 5.40. The summed E-state index contributed by atoms with van der Waals surface area (Å²) in [7, 11) is 0. The fraction of sp³-hybridized carbons (Fsp3) is 0.0667. The molecule has 2 nitrogen and oxygen atoms in total. The van der Waals surface area contributed by atoms with Crippen LogP contribution >= 0.6 is 0 Å². The number of pyridine rings is 1. The van der Waals surface area contributed by atoms with E-state index in [0.717, 1.165) is 17.0 Å². The topological polar surface area (TPSA) is 36.7 Å². The SMILES string of the molecule is Cc1cccc(C=Cc2ccc(C#N)cc2)n1. The summed E-state index contributed by atoms with van der Waals surface area (Å²) >= 11 is 0. The molecule has 0 amide bonds. The van der Waals surface area contributed by atoms with Crippen LogP contribution in [0.5, 0.6) is 0 Å². The van der Waals surface area contributed by atoms with Crippen LogP contribution in [0.25, 0.3) is 12.2 Å². The lowest BCUT2D eigenvalue weighted by molar-refractivity contribution is 1.18. The zero-order chi connectivity index (χ0) is 12.1. The van der Waals surface area contributed by atoms with Gasteiger partial charge in [0.2, 0.25) is 0 Å². The quantitative estimate of drug-likeness (QED) is 0.777. The summed E-state index contributed by atoms with van der Waals surface area (Å²) in [5.74, 6) is 0. The Hall–Kier alpha value is -2.40. The second kappa shape index (κ2) is 5.09. The van der Waals surface area contributed by atoms with E-state index in [-0.39, 0.29) is 0 Å². The summed E-state index contributed by atoms with van der Waals surface area (Å²) in [5, 5.41) is 8.69. The molecule has 1 heterocycles. The number of nitrogens with zero attached hydrogens (tertiary/aromatic N) is 2. The van der Waals surface area contributed by atoms with Crippen molar-refractivity contribution in [2.75, 3.05) is 0 Å². The average Bonchev–Trinajstić information content (AvgIpc) is 2.37. The minimum absolute atomic E-state index is 0.677. The molecule has 0 unspecified atom stereocenters. The Labute approximate surface area is 101 Å². The molecule has 2 rings (SSSR count). The van der Waals surface area contributed by atoms with Gasteiger partial charge in [0.1, 0.15) is 0 Å². The second-order valence-electron chi connectivity index (χ2n) is 3.77. The lowest BCUT2D eigenvalue weighted by atomic mass is 10.1. The maximum absolute atomic E-state index is 8.69. The fourth-order valence-corrected chi connectivity index (χ4v) is 1.51. The summed E-state index contributed by atoms with van der Waals surface area (Å²) in [6.45, 7) is 1.97. The van der Waals surface area contributed by atoms with E-state index in [9.17, 15) is 0 Å². The molecular weight excluding hydrogens is 208 g/mol. The van der Waals surface area contributed by atoms with Crippen LogP contribution in [0.4, 0.5) is 0 Å². The predicted molar refractivity (Wildman–Crippen MR) is 69.1 cm³/mol. The normalized spacial score (nSPS) is 10.4. The van der Waals surface area contributed by atoms with Crippen molar-refractivity contribution in [2.24, 2.45) is 0 Å². The largest absolute Gasteiger partial charge is 0.254 e. The molecule has 2 aromatic rings. The van der Waals surface area contributed by atoms with Crippen LogP contribution < -0.4 is 0 Å². The Morgan fingerprint density at radius 3 is 2.47 bits per heavy atom. The van der Waals surface area contributed by atoms with Gasteiger partial charge in [0.05, 0.1) is 17.3 Å².